The molecule has 1 heterocycles. The quantitative estimate of drug-likeness (QED) is 0.675. The van der Waals surface area contributed by atoms with E-state index in [1.165, 1.54) is 32.2 Å². The zero-order valence-electron chi connectivity index (χ0n) is 15.6. The zero-order valence-corrected chi connectivity index (χ0v) is 15.6. The predicted molar refractivity (Wildman–Crippen MR) is 93.7 cm³/mol. The highest BCUT2D eigenvalue weighted by Crippen LogP contribution is 2.83. The Morgan fingerprint density at radius 2 is 1.88 bits per heavy atom. The van der Waals surface area contributed by atoms with Crippen molar-refractivity contribution in [1.29, 1.82) is 0 Å². The molecular formula is C21H33NO3. The van der Waals surface area contributed by atoms with Gasteiger partial charge in [-0.15, -0.1) is 0 Å². The molecule has 3 N–H and O–H groups in total. The van der Waals surface area contributed by atoms with E-state index in [9.17, 15) is 15.3 Å². The first-order valence-corrected chi connectivity index (χ1v) is 10.6. The number of nitrogens with zero attached hydrogens (tertiary/aromatic N) is 1. The van der Waals surface area contributed by atoms with E-state index in [-0.39, 0.29) is 17.9 Å². The van der Waals surface area contributed by atoms with Gasteiger partial charge in [0.1, 0.15) is 5.60 Å². The summed E-state index contributed by atoms with van der Waals surface area (Å²) >= 11 is 0. The van der Waals surface area contributed by atoms with Gasteiger partial charge in [-0.1, -0.05) is 13.3 Å². The number of fused-ring (bicyclic) bond motifs is 2. The van der Waals surface area contributed by atoms with Crippen LogP contribution in [0, 0.1) is 39.9 Å². The van der Waals surface area contributed by atoms with Crippen molar-refractivity contribution >= 4 is 0 Å². The molecule has 2 spiro atoms. The van der Waals surface area contributed by atoms with Crippen molar-refractivity contribution < 1.29 is 15.3 Å². The normalized spacial score (nSPS) is 67.6. The van der Waals surface area contributed by atoms with Crippen LogP contribution < -0.4 is 0 Å². The second-order valence-corrected chi connectivity index (χ2v) is 11.1. The summed E-state index contributed by atoms with van der Waals surface area (Å²) < 4.78 is 0. The van der Waals surface area contributed by atoms with Crippen LogP contribution in [0.2, 0.25) is 0 Å². The minimum absolute atomic E-state index is 0.0762. The van der Waals surface area contributed by atoms with Crippen molar-refractivity contribution in [1.82, 2.24) is 4.90 Å². The average Bonchev–Trinajstić information content (AvgIpc) is 3.02. The second-order valence-electron chi connectivity index (χ2n) is 11.1. The number of piperidine rings is 1. The Kier molecular flexibility index (Phi) is 2.72. The van der Waals surface area contributed by atoms with E-state index < -0.39 is 11.7 Å². The summed E-state index contributed by atoms with van der Waals surface area (Å²) in [5.41, 5.74) is -0.610. The van der Waals surface area contributed by atoms with Gasteiger partial charge < -0.3 is 20.2 Å². The average molecular weight is 347 g/mol. The molecule has 6 aliphatic carbocycles. The summed E-state index contributed by atoms with van der Waals surface area (Å²) in [6.07, 6.45) is 7.59. The number of aliphatic hydroxyl groups is 3. The van der Waals surface area contributed by atoms with Crippen molar-refractivity contribution in [2.75, 3.05) is 20.2 Å². The monoisotopic (exact) mass is 347 g/mol. The van der Waals surface area contributed by atoms with Crippen molar-refractivity contribution in [3.8, 4) is 0 Å². The smallest absolute Gasteiger partial charge is 0.117 e. The standard InChI is InChI=1S/C21H33NO3/c1-18-5-3-6-20-14(18)9-13(16(20)22(2)10-18)19-7-4-12(8-15(19)20)21(25,11-23)17(19)24/h12-17,23-25H,3-11H2,1-2H3/t12-,13?,14?,15?,16+,17-,18-,19-,20-,21-/m0/s1. The molecule has 0 radical (unpaired) electrons. The van der Waals surface area contributed by atoms with Gasteiger partial charge in [0.15, 0.2) is 0 Å². The Bertz CT molecular complexity index is 641. The number of hydrogen-bond donors (Lipinski definition) is 3. The first-order valence-electron chi connectivity index (χ1n) is 10.6. The SMILES string of the molecule is CN1C[C@]2(C)CCC[C@@]34C2CC([C@@H]13)[C@@]12CC[C@@H](CC41)[C@@](O)(CO)[C@H]2O. The van der Waals surface area contributed by atoms with Gasteiger partial charge >= 0.3 is 0 Å². The molecule has 7 rings (SSSR count). The molecule has 0 aromatic heterocycles. The number of hydrogen-bond acceptors (Lipinski definition) is 4. The van der Waals surface area contributed by atoms with E-state index in [0.29, 0.717) is 28.7 Å². The number of aliphatic hydroxyl groups excluding tert-OH is 2. The lowest BCUT2D eigenvalue weighted by atomic mass is 9.38. The molecule has 0 aromatic carbocycles. The predicted octanol–water partition coefficient (Wildman–Crippen LogP) is 1.63. The van der Waals surface area contributed by atoms with Crippen molar-refractivity contribution in [2.45, 2.75) is 69.6 Å². The van der Waals surface area contributed by atoms with Crippen molar-refractivity contribution in [3.63, 3.8) is 0 Å². The fourth-order valence-electron chi connectivity index (χ4n) is 10.4. The molecule has 7 fully saturated rings. The van der Waals surface area contributed by atoms with E-state index in [4.69, 9.17) is 0 Å². The molecule has 140 valence electrons. The highest BCUT2D eigenvalue weighted by molar-refractivity contribution is 5.33. The molecule has 1 saturated heterocycles. The summed E-state index contributed by atoms with van der Waals surface area (Å²) in [5.74, 6) is 1.94. The van der Waals surface area contributed by atoms with Gasteiger partial charge in [-0.25, -0.2) is 0 Å². The summed E-state index contributed by atoms with van der Waals surface area (Å²) in [6.45, 7) is 3.45. The molecule has 25 heavy (non-hydrogen) atoms. The van der Waals surface area contributed by atoms with Crippen LogP contribution in [0.25, 0.3) is 0 Å². The minimum Gasteiger partial charge on any atom is -0.393 e. The van der Waals surface area contributed by atoms with Gasteiger partial charge in [0.25, 0.3) is 0 Å². The lowest BCUT2D eigenvalue weighted by molar-refractivity contribution is -0.287. The van der Waals surface area contributed by atoms with E-state index >= 15 is 0 Å². The Hall–Kier alpha value is -0.160. The summed E-state index contributed by atoms with van der Waals surface area (Å²) in [4.78, 5) is 2.65. The van der Waals surface area contributed by atoms with Gasteiger partial charge in [0.2, 0.25) is 0 Å². The number of rotatable bonds is 1. The largest absolute Gasteiger partial charge is 0.393 e. The van der Waals surface area contributed by atoms with Gasteiger partial charge in [0, 0.05) is 18.0 Å². The molecule has 7 bridgehead atoms. The molecule has 0 aromatic rings. The maximum absolute atomic E-state index is 11.4. The minimum atomic E-state index is -1.26. The highest BCUT2D eigenvalue weighted by atomic mass is 16.4. The van der Waals surface area contributed by atoms with Crippen LogP contribution in [0.5, 0.6) is 0 Å². The molecule has 7 aliphatic rings. The van der Waals surface area contributed by atoms with Crippen LogP contribution in [0.1, 0.15) is 51.9 Å². The third-order valence-electron chi connectivity index (χ3n) is 10.7. The van der Waals surface area contributed by atoms with Crippen LogP contribution in [0.4, 0.5) is 0 Å². The molecule has 1 aliphatic heterocycles. The summed E-state index contributed by atoms with van der Waals surface area (Å²) in [5, 5.41) is 32.6. The third kappa shape index (κ3) is 1.35. The lowest BCUT2D eigenvalue weighted by Crippen LogP contribution is -2.72. The summed E-state index contributed by atoms with van der Waals surface area (Å²) in [6, 6.07) is 0.588. The second kappa shape index (κ2) is 4.29. The zero-order chi connectivity index (χ0) is 17.4. The Balaban J connectivity index is 1.56. The van der Waals surface area contributed by atoms with Gasteiger partial charge in [0.05, 0.1) is 12.7 Å². The van der Waals surface area contributed by atoms with Crippen LogP contribution in [-0.4, -0.2) is 58.2 Å². The van der Waals surface area contributed by atoms with Crippen LogP contribution in [0.3, 0.4) is 0 Å². The van der Waals surface area contributed by atoms with Crippen LogP contribution in [-0.2, 0) is 0 Å². The van der Waals surface area contributed by atoms with E-state index in [2.05, 4.69) is 18.9 Å². The highest BCUT2D eigenvalue weighted by Gasteiger charge is 2.84. The first kappa shape index (κ1) is 15.9. The molecule has 4 heteroatoms. The molecular weight excluding hydrogens is 314 g/mol. The molecule has 6 saturated carbocycles. The lowest BCUT2D eigenvalue weighted by Gasteiger charge is -2.69. The van der Waals surface area contributed by atoms with Crippen LogP contribution in [0.15, 0.2) is 0 Å². The molecule has 3 unspecified atom stereocenters. The molecule has 0 amide bonds. The Morgan fingerprint density at radius 3 is 2.64 bits per heavy atom. The topological polar surface area (TPSA) is 63.9 Å². The molecule has 4 nitrogen and oxygen atoms in total. The maximum atomic E-state index is 11.4. The molecule has 10 atom stereocenters. The van der Waals surface area contributed by atoms with Gasteiger partial charge in [-0.05, 0) is 80.1 Å². The fraction of sp³-hybridized carbons (Fsp3) is 1.00. The number of likely N-dealkylation sites (tertiary alicyclic amines) is 1. The van der Waals surface area contributed by atoms with E-state index in [0.717, 1.165) is 25.2 Å². The first-order chi connectivity index (χ1) is 11.8. The fourth-order valence-corrected chi connectivity index (χ4v) is 10.4. The van der Waals surface area contributed by atoms with Gasteiger partial charge in [-0.2, -0.15) is 0 Å². The van der Waals surface area contributed by atoms with E-state index in [1.807, 2.05) is 0 Å². The Labute approximate surface area is 150 Å². The van der Waals surface area contributed by atoms with Gasteiger partial charge in [-0.3, -0.25) is 0 Å². The maximum Gasteiger partial charge on any atom is 0.117 e. The summed E-state index contributed by atoms with van der Waals surface area (Å²) in [7, 11) is 2.32. The Morgan fingerprint density at radius 1 is 1.08 bits per heavy atom. The van der Waals surface area contributed by atoms with Crippen molar-refractivity contribution in [2.24, 2.45) is 39.9 Å². The van der Waals surface area contributed by atoms with Crippen molar-refractivity contribution in [3.05, 3.63) is 0 Å². The van der Waals surface area contributed by atoms with Crippen LogP contribution >= 0.6 is 0 Å². The third-order valence-corrected chi connectivity index (χ3v) is 10.7. The van der Waals surface area contributed by atoms with E-state index in [1.54, 1.807) is 0 Å².